The number of unbranched alkanes of at least 4 members (excludes halogenated alkanes) is 1. The fourth-order valence-electron chi connectivity index (χ4n) is 2.32. The van der Waals surface area contributed by atoms with E-state index in [1.165, 1.54) is 0 Å². The van der Waals surface area contributed by atoms with Gasteiger partial charge in [0.1, 0.15) is 12.4 Å². The van der Waals surface area contributed by atoms with Gasteiger partial charge in [0.2, 0.25) is 0 Å². The molecule has 0 radical (unpaired) electrons. The topological polar surface area (TPSA) is 75.7 Å². The molecule has 0 fully saturated rings. The summed E-state index contributed by atoms with van der Waals surface area (Å²) in [6.07, 6.45) is 5.47. The van der Waals surface area contributed by atoms with E-state index in [9.17, 15) is 0 Å². The molecule has 0 aliphatic carbocycles. The van der Waals surface area contributed by atoms with Crippen LogP contribution in [-0.2, 0) is 6.61 Å². The summed E-state index contributed by atoms with van der Waals surface area (Å²) in [6, 6.07) is 7.90. The highest BCUT2D eigenvalue weighted by Gasteiger charge is 2.09. The molecule has 0 saturated carbocycles. The van der Waals surface area contributed by atoms with Crippen molar-refractivity contribution in [3.63, 3.8) is 0 Å². The number of rotatable bonds is 8. The predicted octanol–water partition coefficient (Wildman–Crippen LogP) is 3.79. The van der Waals surface area contributed by atoms with E-state index in [1.54, 1.807) is 12.3 Å². The van der Waals surface area contributed by atoms with Gasteiger partial charge in [0.15, 0.2) is 17.4 Å². The number of nitrogens with zero attached hydrogens (tertiary/aromatic N) is 3. The van der Waals surface area contributed by atoms with Crippen molar-refractivity contribution in [1.29, 1.82) is 0 Å². The van der Waals surface area contributed by atoms with Crippen LogP contribution in [0.1, 0.15) is 31.4 Å². The van der Waals surface area contributed by atoms with Crippen molar-refractivity contribution in [2.75, 3.05) is 11.9 Å². The number of aromatic amines is 1. The van der Waals surface area contributed by atoms with Gasteiger partial charge in [-0.25, -0.2) is 15.0 Å². The maximum absolute atomic E-state index is 5.87. The second-order valence-corrected chi connectivity index (χ2v) is 5.41. The van der Waals surface area contributed by atoms with Crippen molar-refractivity contribution < 1.29 is 4.74 Å². The van der Waals surface area contributed by atoms with Crippen LogP contribution in [0.15, 0.2) is 37.0 Å². The first-order valence-corrected chi connectivity index (χ1v) is 8.10. The summed E-state index contributed by atoms with van der Waals surface area (Å²) >= 11 is 0. The molecule has 0 saturated heterocycles. The van der Waals surface area contributed by atoms with Gasteiger partial charge in [0.25, 0.3) is 0 Å². The molecule has 0 amide bonds. The molecular weight excluding hydrogens is 302 g/mol. The number of fused-ring (bicyclic) bond motifs is 1. The Bertz CT molecular complexity index is 794. The summed E-state index contributed by atoms with van der Waals surface area (Å²) in [6.45, 7) is 7.02. The van der Waals surface area contributed by atoms with Gasteiger partial charge in [0.05, 0.1) is 17.2 Å². The minimum Gasteiger partial charge on any atom is -0.480 e. The highest BCUT2D eigenvalue weighted by atomic mass is 16.5. The van der Waals surface area contributed by atoms with Crippen LogP contribution in [0.3, 0.4) is 0 Å². The second kappa shape index (κ2) is 7.59. The van der Waals surface area contributed by atoms with Crippen LogP contribution in [-0.4, -0.2) is 26.5 Å². The number of anilines is 1. The molecule has 0 atom stereocenters. The van der Waals surface area contributed by atoms with Crippen LogP contribution < -0.4 is 10.1 Å². The van der Waals surface area contributed by atoms with E-state index in [0.29, 0.717) is 24.0 Å². The van der Waals surface area contributed by atoms with Crippen molar-refractivity contribution in [3.05, 3.63) is 48.7 Å². The third-order valence-electron chi connectivity index (χ3n) is 3.58. The third-order valence-corrected chi connectivity index (χ3v) is 3.58. The molecule has 1 aromatic carbocycles. The Balaban J connectivity index is 1.74. The highest BCUT2D eigenvalue weighted by molar-refractivity contribution is 5.74. The monoisotopic (exact) mass is 323 g/mol. The maximum Gasteiger partial charge on any atom is 0.180 e. The number of benzene rings is 1. The largest absolute Gasteiger partial charge is 0.480 e. The van der Waals surface area contributed by atoms with Crippen LogP contribution in [0.2, 0.25) is 0 Å². The van der Waals surface area contributed by atoms with E-state index in [2.05, 4.69) is 38.8 Å². The van der Waals surface area contributed by atoms with Crippen molar-refractivity contribution in [2.24, 2.45) is 0 Å². The number of H-pyrrole nitrogens is 1. The van der Waals surface area contributed by atoms with E-state index >= 15 is 0 Å². The molecule has 0 unspecified atom stereocenters. The first kappa shape index (κ1) is 16.0. The molecule has 6 nitrogen and oxygen atoms in total. The minimum atomic E-state index is 0.327. The number of hydrogen-bond donors (Lipinski definition) is 2. The number of ether oxygens (including phenoxy) is 1. The lowest BCUT2D eigenvalue weighted by Gasteiger charge is -2.11. The fraction of sp³-hybridized carbons (Fsp3) is 0.278. The first-order chi connectivity index (χ1) is 11.8. The quantitative estimate of drug-likeness (QED) is 0.617. The summed E-state index contributed by atoms with van der Waals surface area (Å²) in [4.78, 5) is 16.4. The van der Waals surface area contributed by atoms with E-state index in [4.69, 9.17) is 4.74 Å². The molecule has 2 N–H and O–H groups in total. The molecule has 3 rings (SSSR count). The standard InChI is InChI=1S/C18H21N5O/c1-3-5-10-19-18-15(11-20-16(4-2)23-18)24-12-17-21-13-8-6-7-9-14(13)22-17/h4,6-9,11H,2-3,5,10,12H2,1H3,(H,21,22)(H,19,20,23). The highest BCUT2D eigenvalue weighted by Crippen LogP contribution is 2.22. The van der Waals surface area contributed by atoms with Gasteiger partial charge >= 0.3 is 0 Å². The van der Waals surface area contributed by atoms with Crippen molar-refractivity contribution in [1.82, 2.24) is 19.9 Å². The van der Waals surface area contributed by atoms with Gasteiger partial charge in [0, 0.05) is 6.54 Å². The SMILES string of the molecule is C=Cc1ncc(OCc2nc3ccccc3[nH]2)c(NCCCC)n1. The van der Waals surface area contributed by atoms with Gasteiger partial charge in [-0.15, -0.1) is 0 Å². The Morgan fingerprint density at radius 2 is 2.17 bits per heavy atom. The van der Waals surface area contributed by atoms with Crippen LogP contribution in [0.4, 0.5) is 5.82 Å². The van der Waals surface area contributed by atoms with Crippen molar-refractivity contribution in [3.8, 4) is 5.75 Å². The number of para-hydroxylation sites is 2. The Morgan fingerprint density at radius 1 is 1.29 bits per heavy atom. The van der Waals surface area contributed by atoms with Gasteiger partial charge in [-0.05, 0) is 24.6 Å². The molecular formula is C18H21N5O. The summed E-state index contributed by atoms with van der Waals surface area (Å²) in [5.41, 5.74) is 1.92. The van der Waals surface area contributed by atoms with Crippen LogP contribution in [0, 0.1) is 0 Å². The lowest BCUT2D eigenvalue weighted by molar-refractivity contribution is 0.296. The Morgan fingerprint density at radius 3 is 2.96 bits per heavy atom. The molecule has 3 aromatic rings. The lowest BCUT2D eigenvalue weighted by atomic mass is 10.3. The van der Waals surface area contributed by atoms with Crippen molar-refractivity contribution in [2.45, 2.75) is 26.4 Å². The lowest BCUT2D eigenvalue weighted by Crippen LogP contribution is -2.08. The molecule has 0 spiro atoms. The van der Waals surface area contributed by atoms with E-state index in [-0.39, 0.29) is 0 Å². The summed E-state index contributed by atoms with van der Waals surface area (Å²) in [7, 11) is 0. The number of aromatic nitrogens is 4. The number of nitrogens with one attached hydrogen (secondary N) is 2. The van der Waals surface area contributed by atoms with Gasteiger partial charge in [-0.2, -0.15) is 0 Å². The Labute approximate surface area is 141 Å². The third kappa shape index (κ3) is 3.71. The Kier molecular flexibility index (Phi) is 5.05. The zero-order valence-corrected chi connectivity index (χ0v) is 13.7. The summed E-state index contributed by atoms with van der Waals surface area (Å²) in [5.74, 6) is 2.63. The normalized spacial score (nSPS) is 10.7. The van der Waals surface area contributed by atoms with Gasteiger partial charge < -0.3 is 15.0 Å². The molecule has 6 heteroatoms. The number of hydrogen-bond acceptors (Lipinski definition) is 5. The Hall–Kier alpha value is -2.89. The minimum absolute atomic E-state index is 0.327. The molecule has 0 bridgehead atoms. The zero-order valence-electron chi connectivity index (χ0n) is 13.7. The molecule has 0 aliphatic heterocycles. The summed E-state index contributed by atoms with van der Waals surface area (Å²) < 4.78 is 5.87. The molecule has 0 aliphatic rings. The summed E-state index contributed by atoms with van der Waals surface area (Å²) in [5, 5.41) is 3.30. The second-order valence-electron chi connectivity index (χ2n) is 5.41. The van der Waals surface area contributed by atoms with E-state index in [1.807, 2.05) is 24.3 Å². The average Bonchev–Trinajstić information content (AvgIpc) is 3.03. The van der Waals surface area contributed by atoms with Gasteiger partial charge in [-0.3, -0.25) is 0 Å². The van der Waals surface area contributed by atoms with Crippen LogP contribution in [0.25, 0.3) is 17.1 Å². The molecule has 2 heterocycles. The number of imidazole rings is 1. The molecule has 2 aromatic heterocycles. The van der Waals surface area contributed by atoms with Crippen molar-refractivity contribution >= 4 is 22.9 Å². The van der Waals surface area contributed by atoms with Gasteiger partial charge in [-0.1, -0.05) is 32.1 Å². The molecule has 24 heavy (non-hydrogen) atoms. The fourth-order valence-corrected chi connectivity index (χ4v) is 2.32. The van der Waals surface area contributed by atoms with Crippen LogP contribution in [0.5, 0.6) is 5.75 Å². The molecule has 124 valence electrons. The zero-order chi connectivity index (χ0) is 16.8. The van der Waals surface area contributed by atoms with Crippen LogP contribution >= 0.6 is 0 Å². The first-order valence-electron chi connectivity index (χ1n) is 8.10. The average molecular weight is 323 g/mol. The van der Waals surface area contributed by atoms with E-state index < -0.39 is 0 Å². The predicted molar refractivity (Wildman–Crippen MR) is 95.9 cm³/mol. The smallest absolute Gasteiger partial charge is 0.180 e. The van der Waals surface area contributed by atoms with E-state index in [0.717, 1.165) is 36.2 Å². The maximum atomic E-state index is 5.87.